The van der Waals surface area contributed by atoms with E-state index in [1.165, 1.54) is 6.20 Å². The van der Waals surface area contributed by atoms with E-state index >= 15 is 0 Å². The number of phenolic OH excluding ortho intramolecular Hbond substituents is 1. The van der Waals surface area contributed by atoms with Crippen LogP contribution in [0.15, 0.2) is 46.9 Å². The zero-order chi connectivity index (χ0) is 18.8. The molecule has 5 nitrogen and oxygen atoms in total. The van der Waals surface area contributed by atoms with Crippen molar-refractivity contribution in [2.45, 2.75) is 52.4 Å². The number of hydrogen-bond donors (Lipinski definition) is 1. The summed E-state index contributed by atoms with van der Waals surface area (Å²) in [7, 11) is 0. The van der Waals surface area contributed by atoms with E-state index in [4.69, 9.17) is 0 Å². The van der Waals surface area contributed by atoms with Gasteiger partial charge in [0.1, 0.15) is 5.75 Å². The molecule has 132 valence electrons. The maximum absolute atomic E-state index is 12.1. The summed E-state index contributed by atoms with van der Waals surface area (Å²) in [5.74, 6) is -0.173. The number of azo groups is 1. The van der Waals surface area contributed by atoms with Gasteiger partial charge in [-0.2, -0.15) is 0 Å². The second-order valence-electron chi connectivity index (χ2n) is 8.14. The lowest BCUT2D eigenvalue weighted by molar-refractivity contribution is 0.0994. The number of rotatable bonds is 2. The van der Waals surface area contributed by atoms with Gasteiger partial charge in [0.05, 0.1) is 11.3 Å². The summed E-state index contributed by atoms with van der Waals surface area (Å²) in [4.78, 5) is 16.0. The van der Waals surface area contributed by atoms with Crippen LogP contribution in [0.25, 0.3) is 0 Å². The van der Waals surface area contributed by atoms with Crippen molar-refractivity contribution in [2.75, 3.05) is 0 Å². The van der Waals surface area contributed by atoms with Crippen LogP contribution in [0.2, 0.25) is 0 Å². The molecule has 0 spiro atoms. The predicted octanol–water partition coefficient (Wildman–Crippen LogP) is 5.31. The second kappa shape index (κ2) is 6.75. The van der Waals surface area contributed by atoms with E-state index in [0.29, 0.717) is 11.3 Å². The van der Waals surface area contributed by atoms with E-state index in [2.05, 4.69) is 15.2 Å². The summed E-state index contributed by atoms with van der Waals surface area (Å²) < 4.78 is 0. The van der Waals surface area contributed by atoms with E-state index in [1.54, 1.807) is 30.5 Å². The Balaban J connectivity index is 2.48. The van der Waals surface area contributed by atoms with E-state index in [9.17, 15) is 9.90 Å². The third-order valence-corrected chi connectivity index (χ3v) is 3.88. The zero-order valence-corrected chi connectivity index (χ0v) is 15.7. The molecule has 25 heavy (non-hydrogen) atoms. The van der Waals surface area contributed by atoms with Crippen molar-refractivity contribution >= 4 is 11.6 Å². The van der Waals surface area contributed by atoms with Gasteiger partial charge < -0.3 is 5.11 Å². The van der Waals surface area contributed by atoms with Crippen molar-refractivity contribution in [1.29, 1.82) is 0 Å². The van der Waals surface area contributed by atoms with Crippen molar-refractivity contribution in [3.05, 3.63) is 53.3 Å². The topological polar surface area (TPSA) is 74.9 Å². The van der Waals surface area contributed by atoms with Gasteiger partial charge in [-0.1, -0.05) is 41.5 Å². The monoisotopic (exact) mass is 339 g/mol. The van der Waals surface area contributed by atoms with Crippen molar-refractivity contribution in [2.24, 2.45) is 10.2 Å². The van der Waals surface area contributed by atoms with Gasteiger partial charge in [0, 0.05) is 23.5 Å². The van der Waals surface area contributed by atoms with Crippen LogP contribution in [0.4, 0.5) is 5.69 Å². The first-order valence-corrected chi connectivity index (χ1v) is 8.24. The highest BCUT2D eigenvalue weighted by atomic mass is 16.3. The first kappa shape index (κ1) is 18.8. The van der Waals surface area contributed by atoms with Crippen molar-refractivity contribution in [3.63, 3.8) is 0 Å². The lowest BCUT2D eigenvalue weighted by atomic mass is 9.79. The Morgan fingerprint density at radius 1 is 1.04 bits per heavy atom. The highest BCUT2D eigenvalue weighted by Crippen LogP contribution is 2.41. The van der Waals surface area contributed by atoms with Gasteiger partial charge in [0.25, 0.3) is 5.91 Å². The largest absolute Gasteiger partial charge is 0.507 e. The lowest BCUT2D eigenvalue weighted by Gasteiger charge is -2.27. The molecule has 2 rings (SSSR count). The van der Waals surface area contributed by atoms with E-state index in [0.717, 1.165) is 11.1 Å². The van der Waals surface area contributed by atoms with Crippen LogP contribution in [-0.4, -0.2) is 16.0 Å². The van der Waals surface area contributed by atoms with Gasteiger partial charge in [-0.25, -0.2) is 0 Å². The molecule has 5 heteroatoms. The fourth-order valence-corrected chi connectivity index (χ4v) is 2.47. The molecule has 2 aromatic rings. The predicted molar refractivity (Wildman–Crippen MR) is 98.6 cm³/mol. The first-order chi connectivity index (χ1) is 11.5. The number of nitrogens with zero attached hydrogens (tertiary/aromatic N) is 3. The molecule has 0 bridgehead atoms. The Morgan fingerprint density at radius 2 is 1.60 bits per heavy atom. The average molecular weight is 339 g/mol. The SMILES string of the molecule is CC(C)(C)c1cc(N=NC(=O)c2cccnc2)cc(C(C)(C)C)c1O. The summed E-state index contributed by atoms with van der Waals surface area (Å²) >= 11 is 0. The summed E-state index contributed by atoms with van der Waals surface area (Å²) in [6, 6.07) is 6.89. The maximum Gasteiger partial charge on any atom is 0.296 e. The summed E-state index contributed by atoms with van der Waals surface area (Å²) in [6.45, 7) is 12.1. The molecule has 1 aromatic carbocycles. The Labute approximate surface area is 148 Å². The molecule has 1 amide bonds. The van der Waals surface area contributed by atoms with Crippen LogP contribution in [0.1, 0.15) is 63.0 Å². The number of amides is 1. The molecular formula is C20H25N3O2. The molecule has 0 atom stereocenters. The number of carbonyl (C=O) groups excluding carboxylic acids is 1. The molecule has 0 aliphatic rings. The molecule has 0 saturated carbocycles. The minimum atomic E-state index is -0.448. The minimum absolute atomic E-state index is 0.261. The minimum Gasteiger partial charge on any atom is -0.507 e. The van der Waals surface area contributed by atoms with Gasteiger partial charge in [0.2, 0.25) is 0 Å². The van der Waals surface area contributed by atoms with Crippen LogP contribution >= 0.6 is 0 Å². The number of phenols is 1. The normalized spacial score (nSPS) is 12.6. The smallest absolute Gasteiger partial charge is 0.296 e. The average Bonchev–Trinajstić information content (AvgIpc) is 2.52. The molecule has 1 aromatic heterocycles. The third-order valence-electron chi connectivity index (χ3n) is 3.88. The van der Waals surface area contributed by atoms with Gasteiger partial charge in [-0.3, -0.25) is 9.78 Å². The number of aromatic hydroxyl groups is 1. The highest BCUT2D eigenvalue weighted by molar-refractivity contribution is 5.94. The Kier molecular flexibility index (Phi) is 5.07. The van der Waals surface area contributed by atoms with Crippen molar-refractivity contribution < 1.29 is 9.90 Å². The second-order valence-corrected chi connectivity index (χ2v) is 8.14. The number of aromatic nitrogens is 1. The number of benzene rings is 1. The highest BCUT2D eigenvalue weighted by Gasteiger charge is 2.26. The van der Waals surface area contributed by atoms with Crippen molar-refractivity contribution in [3.8, 4) is 5.75 Å². The molecule has 0 aliphatic heterocycles. The quantitative estimate of drug-likeness (QED) is 0.754. The maximum atomic E-state index is 12.1. The van der Waals surface area contributed by atoms with Crippen LogP contribution in [0, 0.1) is 0 Å². The number of pyridine rings is 1. The standard InChI is InChI=1S/C20H25N3O2/c1-19(2,3)15-10-14(11-16(17(15)24)20(4,5)6)22-23-18(25)13-8-7-9-21-12-13/h7-12,24H,1-6H3. The Morgan fingerprint density at radius 3 is 2.04 bits per heavy atom. The molecule has 0 unspecified atom stereocenters. The lowest BCUT2D eigenvalue weighted by Crippen LogP contribution is -2.16. The third kappa shape index (κ3) is 4.50. The molecule has 0 saturated heterocycles. The molecular weight excluding hydrogens is 314 g/mol. The molecule has 0 fully saturated rings. The van der Waals surface area contributed by atoms with E-state index < -0.39 is 5.91 Å². The van der Waals surface area contributed by atoms with Gasteiger partial charge in [0.15, 0.2) is 0 Å². The van der Waals surface area contributed by atoms with E-state index in [-0.39, 0.29) is 16.6 Å². The van der Waals surface area contributed by atoms with Crippen LogP contribution in [0.5, 0.6) is 5.75 Å². The van der Waals surface area contributed by atoms with Gasteiger partial charge >= 0.3 is 0 Å². The summed E-state index contributed by atoms with van der Waals surface area (Å²) in [6.07, 6.45) is 3.05. The van der Waals surface area contributed by atoms with Crippen molar-refractivity contribution in [1.82, 2.24) is 4.98 Å². The fourth-order valence-electron chi connectivity index (χ4n) is 2.47. The fraction of sp³-hybridized carbons (Fsp3) is 0.400. The van der Waals surface area contributed by atoms with Crippen LogP contribution in [0.3, 0.4) is 0 Å². The summed E-state index contributed by atoms with van der Waals surface area (Å²) in [5, 5.41) is 18.6. The Bertz CT molecular complexity index is 763. The van der Waals surface area contributed by atoms with Gasteiger partial charge in [-0.05, 0) is 35.1 Å². The summed E-state index contributed by atoms with van der Waals surface area (Å²) in [5.41, 5.74) is 1.97. The number of hydrogen-bond acceptors (Lipinski definition) is 4. The zero-order valence-electron chi connectivity index (χ0n) is 15.7. The molecule has 0 radical (unpaired) electrons. The number of carbonyl (C=O) groups is 1. The Hall–Kier alpha value is -2.56. The van der Waals surface area contributed by atoms with Gasteiger partial charge in [-0.15, -0.1) is 10.2 Å². The molecule has 0 aliphatic carbocycles. The van der Waals surface area contributed by atoms with Crippen LogP contribution in [-0.2, 0) is 10.8 Å². The molecule has 1 heterocycles. The first-order valence-electron chi connectivity index (χ1n) is 8.24. The van der Waals surface area contributed by atoms with E-state index in [1.807, 2.05) is 41.5 Å². The van der Waals surface area contributed by atoms with Crippen LogP contribution < -0.4 is 0 Å². The molecule has 1 N–H and O–H groups in total.